The molecule has 112 valence electrons. The Morgan fingerprint density at radius 1 is 1.35 bits per heavy atom. The molecule has 0 radical (unpaired) electrons. The quantitative estimate of drug-likeness (QED) is 0.522. The molecule has 0 bridgehead atoms. The van der Waals surface area contributed by atoms with E-state index in [1.54, 1.807) is 12.1 Å². The van der Waals surface area contributed by atoms with Gasteiger partial charge >= 0.3 is 0 Å². The second-order valence-electron chi connectivity index (χ2n) is 4.22. The third kappa shape index (κ3) is 4.80. The van der Waals surface area contributed by atoms with Crippen LogP contribution in [0.25, 0.3) is 0 Å². The molecule has 1 atom stereocenters. The Hall–Kier alpha value is -1.64. The van der Waals surface area contributed by atoms with Gasteiger partial charge in [0, 0.05) is 18.8 Å². The van der Waals surface area contributed by atoms with Gasteiger partial charge in [-0.3, -0.25) is 4.79 Å². The molecule has 0 saturated carbocycles. The predicted molar refractivity (Wildman–Crippen MR) is 75.6 cm³/mol. The Kier molecular flexibility index (Phi) is 5.93. The Balaban J connectivity index is 2.67. The fourth-order valence-corrected chi connectivity index (χ4v) is 2.52. The summed E-state index contributed by atoms with van der Waals surface area (Å²) in [7, 11) is -3.49. The summed E-state index contributed by atoms with van der Waals surface area (Å²) in [5.41, 5.74) is 5.49. The van der Waals surface area contributed by atoms with Crippen LogP contribution in [-0.2, 0) is 14.8 Å². The van der Waals surface area contributed by atoms with Gasteiger partial charge in [-0.2, -0.15) is 0 Å². The van der Waals surface area contributed by atoms with Crippen LogP contribution in [0.2, 0.25) is 0 Å². The normalized spacial score (nSPS) is 12.9. The molecule has 1 aromatic carbocycles. The van der Waals surface area contributed by atoms with Crippen molar-refractivity contribution >= 4 is 21.6 Å². The van der Waals surface area contributed by atoms with Crippen molar-refractivity contribution in [3.05, 3.63) is 24.3 Å². The average Bonchev–Trinajstić information content (AvgIpc) is 2.43. The van der Waals surface area contributed by atoms with Gasteiger partial charge in [-0.15, -0.1) is 0 Å². The summed E-state index contributed by atoms with van der Waals surface area (Å²) in [6, 6.07) is 5.98. The maximum Gasteiger partial charge on any atom is 0.248 e. The number of carbonyl (C=O) groups excluding carboxylic acids is 1. The Labute approximate surface area is 118 Å². The molecule has 1 amide bonds. The number of nitrogens with one attached hydrogen (secondary N) is 2. The highest BCUT2D eigenvalue weighted by atomic mass is 32.2. The molecule has 1 unspecified atom stereocenters. The number of aliphatic hydroxyl groups excluding tert-OH is 1. The fourth-order valence-electron chi connectivity index (χ4n) is 1.39. The largest absolute Gasteiger partial charge is 0.382 e. The van der Waals surface area contributed by atoms with Gasteiger partial charge in [0.2, 0.25) is 15.9 Å². The average molecular weight is 301 g/mol. The maximum absolute atomic E-state index is 11.8. The van der Waals surface area contributed by atoms with Crippen molar-refractivity contribution in [1.29, 1.82) is 0 Å². The van der Waals surface area contributed by atoms with Crippen LogP contribution < -0.4 is 15.8 Å². The number of anilines is 1. The third-order valence-corrected chi connectivity index (χ3v) is 4.01. The van der Waals surface area contributed by atoms with E-state index in [4.69, 9.17) is 5.73 Å². The lowest BCUT2D eigenvalue weighted by Crippen LogP contribution is -2.34. The number of hydrogen-bond acceptors (Lipinski definition) is 5. The van der Waals surface area contributed by atoms with Crippen molar-refractivity contribution < 1.29 is 18.3 Å². The van der Waals surface area contributed by atoms with E-state index in [-0.39, 0.29) is 11.4 Å². The number of sulfonamides is 1. The second-order valence-corrected chi connectivity index (χ2v) is 5.99. The number of hydrogen-bond donors (Lipinski definition) is 4. The van der Waals surface area contributed by atoms with Crippen molar-refractivity contribution in [1.82, 2.24) is 4.72 Å². The minimum atomic E-state index is -3.49. The molecule has 0 aliphatic carbocycles. The number of amides is 1. The van der Waals surface area contributed by atoms with Crippen molar-refractivity contribution in [2.75, 3.05) is 18.4 Å². The molecular formula is C12H19N3O4S. The van der Waals surface area contributed by atoms with Gasteiger partial charge in [0.15, 0.2) is 0 Å². The minimum Gasteiger partial charge on any atom is -0.382 e. The maximum atomic E-state index is 11.8. The number of nitrogens with two attached hydrogens (primary N) is 1. The minimum absolute atomic E-state index is 0.0322. The van der Waals surface area contributed by atoms with E-state index < -0.39 is 22.0 Å². The van der Waals surface area contributed by atoms with Crippen LogP contribution in [0, 0.1) is 0 Å². The number of aliphatic hydroxyl groups is 1. The smallest absolute Gasteiger partial charge is 0.248 e. The standard InChI is InChI=1S/C12H19N3O4S/c1-2-7-15-20(18,19)10-5-3-9(4-6-10)14-8-11(16)12(13)17/h3-6,11,14-16H,2,7-8H2,1H3,(H2,13,17). The molecule has 0 heterocycles. The highest BCUT2D eigenvalue weighted by Crippen LogP contribution is 2.13. The molecule has 5 N–H and O–H groups in total. The summed E-state index contributed by atoms with van der Waals surface area (Å²) in [5.74, 6) is -0.819. The molecule has 0 aromatic heterocycles. The highest BCUT2D eigenvalue weighted by Gasteiger charge is 2.13. The molecule has 0 saturated heterocycles. The van der Waals surface area contributed by atoms with Crippen molar-refractivity contribution in [2.24, 2.45) is 5.73 Å². The first-order chi connectivity index (χ1) is 9.36. The summed E-state index contributed by atoms with van der Waals surface area (Å²) in [5, 5.41) is 12.0. The summed E-state index contributed by atoms with van der Waals surface area (Å²) in [6.07, 6.45) is -0.575. The van der Waals surface area contributed by atoms with E-state index in [1.807, 2.05) is 6.92 Å². The van der Waals surface area contributed by atoms with Gasteiger partial charge in [-0.25, -0.2) is 13.1 Å². The molecular weight excluding hydrogens is 282 g/mol. The molecule has 7 nitrogen and oxygen atoms in total. The molecule has 0 fully saturated rings. The van der Waals surface area contributed by atoms with Gasteiger partial charge in [0.1, 0.15) is 6.10 Å². The van der Waals surface area contributed by atoms with Gasteiger partial charge in [0.25, 0.3) is 0 Å². The van der Waals surface area contributed by atoms with Crippen LogP contribution in [0.4, 0.5) is 5.69 Å². The van der Waals surface area contributed by atoms with Gasteiger partial charge in [-0.05, 0) is 30.7 Å². The first-order valence-corrected chi connectivity index (χ1v) is 7.66. The van der Waals surface area contributed by atoms with Crippen molar-refractivity contribution in [3.63, 3.8) is 0 Å². The Morgan fingerprint density at radius 2 is 1.95 bits per heavy atom. The monoisotopic (exact) mass is 301 g/mol. The SMILES string of the molecule is CCCNS(=O)(=O)c1ccc(NCC(O)C(N)=O)cc1. The van der Waals surface area contributed by atoms with Crippen LogP contribution in [0.3, 0.4) is 0 Å². The van der Waals surface area contributed by atoms with Crippen LogP contribution >= 0.6 is 0 Å². The van der Waals surface area contributed by atoms with E-state index in [1.165, 1.54) is 12.1 Å². The second kappa shape index (κ2) is 7.22. The lowest BCUT2D eigenvalue weighted by Gasteiger charge is -2.10. The van der Waals surface area contributed by atoms with Crippen LogP contribution in [0.15, 0.2) is 29.2 Å². The molecule has 8 heteroatoms. The van der Waals surface area contributed by atoms with Gasteiger partial charge in [-0.1, -0.05) is 6.92 Å². The zero-order valence-corrected chi connectivity index (χ0v) is 12.0. The van der Waals surface area contributed by atoms with E-state index >= 15 is 0 Å². The van der Waals surface area contributed by atoms with Crippen molar-refractivity contribution in [2.45, 2.75) is 24.3 Å². The Bertz CT molecular complexity index is 542. The van der Waals surface area contributed by atoms with Crippen LogP contribution in [0.5, 0.6) is 0 Å². The van der Waals surface area contributed by atoms with Crippen LogP contribution in [0.1, 0.15) is 13.3 Å². The lowest BCUT2D eigenvalue weighted by atomic mass is 10.3. The molecule has 1 rings (SSSR count). The van der Waals surface area contributed by atoms with E-state index in [0.29, 0.717) is 18.7 Å². The lowest BCUT2D eigenvalue weighted by molar-refractivity contribution is -0.125. The van der Waals surface area contributed by atoms with Crippen LogP contribution in [-0.4, -0.2) is 38.6 Å². The summed E-state index contributed by atoms with van der Waals surface area (Å²) >= 11 is 0. The molecule has 0 aliphatic heterocycles. The first-order valence-electron chi connectivity index (χ1n) is 6.18. The number of primary amides is 1. The zero-order chi connectivity index (χ0) is 15.2. The molecule has 1 aromatic rings. The van der Waals surface area contributed by atoms with Gasteiger partial charge in [0.05, 0.1) is 4.90 Å². The molecule has 0 spiro atoms. The topological polar surface area (TPSA) is 122 Å². The highest BCUT2D eigenvalue weighted by molar-refractivity contribution is 7.89. The summed E-state index contributed by atoms with van der Waals surface area (Å²) in [4.78, 5) is 10.8. The number of rotatable bonds is 8. The predicted octanol–water partition coefficient (Wildman–Crippen LogP) is -0.367. The fraction of sp³-hybridized carbons (Fsp3) is 0.417. The molecule has 0 aliphatic rings. The van der Waals surface area contributed by atoms with Crippen molar-refractivity contribution in [3.8, 4) is 0 Å². The van der Waals surface area contributed by atoms with Gasteiger partial charge < -0.3 is 16.2 Å². The van der Waals surface area contributed by atoms with E-state index in [9.17, 15) is 18.3 Å². The summed E-state index contributed by atoms with van der Waals surface area (Å²) in [6.45, 7) is 2.22. The number of benzene rings is 1. The van der Waals surface area contributed by atoms with E-state index in [2.05, 4.69) is 10.0 Å². The summed E-state index contributed by atoms with van der Waals surface area (Å²) < 4.78 is 26.1. The van der Waals surface area contributed by atoms with E-state index in [0.717, 1.165) is 0 Å². The zero-order valence-electron chi connectivity index (χ0n) is 11.2. The first kappa shape index (κ1) is 16.4. The number of carbonyl (C=O) groups is 1. The molecule has 20 heavy (non-hydrogen) atoms. The Morgan fingerprint density at radius 3 is 2.45 bits per heavy atom. The third-order valence-electron chi connectivity index (χ3n) is 2.53.